The fourth-order valence-corrected chi connectivity index (χ4v) is 5.66. The first-order valence-electron chi connectivity index (χ1n) is 11.0. The third-order valence-electron chi connectivity index (χ3n) is 5.90. The van der Waals surface area contributed by atoms with Gasteiger partial charge in [-0.15, -0.1) is 0 Å². The number of fused-ring (bicyclic) bond motifs is 2. The van der Waals surface area contributed by atoms with Gasteiger partial charge >= 0.3 is 5.97 Å². The Kier molecular flexibility index (Phi) is 5.56. The maximum Gasteiger partial charge on any atom is 0.306 e. The van der Waals surface area contributed by atoms with Gasteiger partial charge in [0, 0.05) is 41.3 Å². The zero-order valence-corrected chi connectivity index (χ0v) is 20.0. The highest BCUT2D eigenvalue weighted by molar-refractivity contribution is 7.90. The molecule has 8 nitrogen and oxygen atoms in total. The van der Waals surface area contributed by atoms with Crippen LogP contribution in [-0.4, -0.2) is 39.6 Å². The number of carboxylic acids is 1. The molecular weight excluding hydrogens is 466 g/mol. The normalized spacial score (nSPS) is 11.8. The predicted molar refractivity (Wildman–Crippen MR) is 133 cm³/mol. The first-order chi connectivity index (χ1) is 16.8. The molecule has 9 heteroatoms. The maximum atomic E-state index is 13.9. The van der Waals surface area contributed by atoms with E-state index in [0.29, 0.717) is 28.0 Å². The molecule has 0 spiro atoms. The van der Waals surface area contributed by atoms with Crippen molar-refractivity contribution < 1.29 is 23.1 Å². The number of pyridine rings is 1. The molecule has 3 heterocycles. The molecule has 0 fully saturated rings. The van der Waals surface area contributed by atoms with Gasteiger partial charge in [-0.1, -0.05) is 17.7 Å². The summed E-state index contributed by atoms with van der Waals surface area (Å²) in [5.74, 6) is -0.432. The lowest BCUT2D eigenvalue weighted by Crippen LogP contribution is -2.14. The molecule has 5 rings (SSSR count). The van der Waals surface area contributed by atoms with Crippen LogP contribution in [0.4, 0.5) is 0 Å². The van der Waals surface area contributed by atoms with Gasteiger partial charge in [0.25, 0.3) is 10.0 Å². The predicted octanol–water partition coefficient (Wildman–Crippen LogP) is 4.59. The van der Waals surface area contributed by atoms with Crippen molar-refractivity contribution in [1.29, 1.82) is 0 Å². The third-order valence-corrected chi connectivity index (χ3v) is 7.62. The highest BCUT2D eigenvalue weighted by Gasteiger charge is 2.26. The largest absolute Gasteiger partial charge is 0.493 e. The lowest BCUT2D eigenvalue weighted by molar-refractivity contribution is -0.137. The Hall–Kier alpha value is -4.11. The van der Waals surface area contributed by atoms with E-state index in [2.05, 4.69) is 4.98 Å². The molecule has 0 saturated heterocycles. The Morgan fingerprint density at radius 3 is 2.60 bits per heavy atom. The molecule has 0 radical (unpaired) electrons. The number of benzene rings is 2. The van der Waals surface area contributed by atoms with Crippen LogP contribution in [0.5, 0.6) is 5.75 Å². The van der Waals surface area contributed by atoms with E-state index < -0.39 is 16.0 Å². The fourth-order valence-electron chi connectivity index (χ4n) is 4.18. The van der Waals surface area contributed by atoms with Crippen molar-refractivity contribution in [3.63, 3.8) is 0 Å². The molecule has 2 aromatic carbocycles. The van der Waals surface area contributed by atoms with E-state index >= 15 is 0 Å². The second-order valence-corrected chi connectivity index (χ2v) is 10.1. The zero-order chi connectivity index (χ0) is 24.7. The quantitative estimate of drug-likeness (QED) is 0.359. The summed E-state index contributed by atoms with van der Waals surface area (Å²) < 4.78 is 36.6. The summed E-state index contributed by atoms with van der Waals surface area (Å²) in [7, 11) is -2.08. The van der Waals surface area contributed by atoms with Gasteiger partial charge in [0.2, 0.25) is 0 Å². The van der Waals surface area contributed by atoms with Crippen molar-refractivity contribution in [3.8, 4) is 17.0 Å². The van der Waals surface area contributed by atoms with Crippen LogP contribution in [-0.2, 0) is 21.9 Å². The number of aliphatic carboxylic acids is 1. The van der Waals surface area contributed by atoms with Crippen LogP contribution in [0.25, 0.3) is 33.2 Å². The number of nitrogens with zero attached hydrogens (tertiary/aromatic N) is 3. The molecule has 1 N–H and O–H groups in total. The summed E-state index contributed by atoms with van der Waals surface area (Å²) in [6.07, 6.45) is 3.33. The van der Waals surface area contributed by atoms with E-state index in [9.17, 15) is 13.2 Å². The average Bonchev–Trinajstić information content (AvgIpc) is 3.37. The highest BCUT2D eigenvalue weighted by atomic mass is 32.2. The first-order valence-corrected chi connectivity index (χ1v) is 12.4. The summed E-state index contributed by atoms with van der Waals surface area (Å²) in [5, 5.41) is 10.4. The number of rotatable bonds is 7. The van der Waals surface area contributed by atoms with E-state index in [4.69, 9.17) is 9.84 Å². The van der Waals surface area contributed by atoms with Gasteiger partial charge in [0.1, 0.15) is 5.75 Å². The van der Waals surface area contributed by atoms with Crippen molar-refractivity contribution >= 4 is 37.9 Å². The Morgan fingerprint density at radius 1 is 1.09 bits per heavy atom. The first kappa shape index (κ1) is 22.7. The standard InChI is InChI=1S/C26H23N3O5S/c1-17-5-8-20(9-6-17)35(32,33)29-24(14-18-4-3-12-27-26(18)29)22-16-28(2)23-10-7-19(15-21(22)23)34-13-11-25(30)31/h3-10,12,14-16H,11,13H2,1-2H3,(H,30,31). The molecule has 178 valence electrons. The van der Waals surface area contributed by atoms with E-state index in [1.165, 1.54) is 3.97 Å². The molecule has 0 aliphatic rings. The molecule has 0 amide bonds. The van der Waals surface area contributed by atoms with Crippen LogP contribution in [0, 0.1) is 6.92 Å². The summed E-state index contributed by atoms with van der Waals surface area (Å²) in [4.78, 5) is 15.4. The minimum atomic E-state index is -3.96. The van der Waals surface area contributed by atoms with Crippen molar-refractivity contribution in [3.05, 3.63) is 78.6 Å². The SMILES string of the molecule is Cc1ccc(S(=O)(=O)n2c(-c3cn(C)c4ccc(OCCC(=O)O)cc34)cc3cccnc32)cc1. The molecule has 3 aromatic heterocycles. The average molecular weight is 490 g/mol. The molecule has 35 heavy (non-hydrogen) atoms. The van der Waals surface area contributed by atoms with Crippen molar-refractivity contribution in [2.24, 2.45) is 7.05 Å². The van der Waals surface area contributed by atoms with E-state index in [1.54, 1.807) is 48.7 Å². The minimum Gasteiger partial charge on any atom is -0.493 e. The van der Waals surface area contributed by atoms with E-state index in [-0.39, 0.29) is 17.9 Å². The molecule has 0 saturated carbocycles. The Labute approximate surface area is 202 Å². The fraction of sp³-hybridized carbons (Fsp3) is 0.154. The van der Waals surface area contributed by atoms with Crippen molar-refractivity contribution in [1.82, 2.24) is 13.5 Å². The van der Waals surface area contributed by atoms with Crippen molar-refractivity contribution in [2.45, 2.75) is 18.2 Å². The summed E-state index contributed by atoms with van der Waals surface area (Å²) in [6, 6.07) is 17.6. The topological polar surface area (TPSA) is 103 Å². The number of hydrogen-bond acceptors (Lipinski definition) is 5. The van der Waals surface area contributed by atoms with Gasteiger partial charge < -0.3 is 14.4 Å². The smallest absolute Gasteiger partial charge is 0.306 e. The lowest BCUT2D eigenvalue weighted by atomic mass is 10.1. The minimum absolute atomic E-state index is 0.0367. The van der Waals surface area contributed by atoms with Crippen LogP contribution < -0.4 is 4.74 Å². The van der Waals surface area contributed by atoms with Gasteiger partial charge in [0.15, 0.2) is 5.65 Å². The number of aryl methyl sites for hydroxylation is 2. The van der Waals surface area contributed by atoms with Gasteiger partial charge in [-0.3, -0.25) is 4.79 Å². The number of carboxylic acid groups (broad SMARTS) is 1. The monoisotopic (exact) mass is 489 g/mol. The molecule has 0 aliphatic carbocycles. The number of carbonyl (C=O) groups is 1. The molecule has 0 bridgehead atoms. The van der Waals surface area contributed by atoms with Crippen LogP contribution in [0.2, 0.25) is 0 Å². The van der Waals surface area contributed by atoms with Crippen LogP contribution in [0.1, 0.15) is 12.0 Å². The van der Waals surface area contributed by atoms with Crippen LogP contribution in [0.15, 0.2) is 78.0 Å². The lowest BCUT2D eigenvalue weighted by Gasteiger charge is -2.12. The van der Waals surface area contributed by atoms with Crippen molar-refractivity contribution in [2.75, 3.05) is 6.61 Å². The van der Waals surface area contributed by atoms with Gasteiger partial charge in [0.05, 0.1) is 23.6 Å². The number of hydrogen-bond donors (Lipinski definition) is 1. The summed E-state index contributed by atoms with van der Waals surface area (Å²) in [6.45, 7) is 1.94. The summed E-state index contributed by atoms with van der Waals surface area (Å²) >= 11 is 0. The Morgan fingerprint density at radius 2 is 1.86 bits per heavy atom. The third kappa shape index (κ3) is 4.04. The number of ether oxygens (including phenoxy) is 1. The Balaban J connectivity index is 1.72. The maximum absolute atomic E-state index is 13.9. The van der Waals surface area contributed by atoms with Gasteiger partial charge in [-0.05, 0) is 55.5 Å². The van der Waals surface area contributed by atoms with Crippen LogP contribution in [0.3, 0.4) is 0 Å². The Bertz CT molecular complexity index is 1680. The molecule has 0 aliphatic heterocycles. The van der Waals surface area contributed by atoms with Gasteiger partial charge in [-0.2, -0.15) is 0 Å². The molecule has 0 atom stereocenters. The molecular formula is C26H23N3O5S. The van der Waals surface area contributed by atoms with Gasteiger partial charge in [-0.25, -0.2) is 17.4 Å². The molecule has 0 unspecified atom stereocenters. The number of aromatic nitrogens is 3. The zero-order valence-electron chi connectivity index (χ0n) is 19.2. The summed E-state index contributed by atoms with van der Waals surface area (Å²) in [5.41, 5.74) is 3.36. The van der Waals surface area contributed by atoms with E-state index in [0.717, 1.165) is 16.5 Å². The molecule has 5 aromatic rings. The van der Waals surface area contributed by atoms with Crippen LogP contribution >= 0.6 is 0 Å². The van der Waals surface area contributed by atoms with E-state index in [1.807, 2.05) is 42.9 Å². The second-order valence-electron chi connectivity index (χ2n) is 8.35. The second kappa shape index (κ2) is 8.59. The highest BCUT2D eigenvalue weighted by Crippen LogP contribution is 2.37.